The number of likely N-dealkylation sites (tertiary alicyclic amines) is 1. The van der Waals surface area contributed by atoms with E-state index < -0.39 is 0 Å². The molecule has 1 aliphatic heterocycles. The molecule has 19 heavy (non-hydrogen) atoms. The first-order valence-electron chi connectivity index (χ1n) is 6.93. The highest BCUT2D eigenvalue weighted by molar-refractivity contribution is 5.78. The lowest BCUT2D eigenvalue weighted by Crippen LogP contribution is -2.41. The molecule has 1 aliphatic rings. The zero-order valence-corrected chi connectivity index (χ0v) is 11.5. The van der Waals surface area contributed by atoms with Gasteiger partial charge in [0, 0.05) is 18.5 Å². The third-order valence-electron chi connectivity index (χ3n) is 3.81. The highest BCUT2D eigenvalue weighted by Gasteiger charge is 2.23. The topological polar surface area (TPSA) is 58.4 Å². The standard InChI is InChI=1S/C15H23N3O/c1-18-9-7-13(8-10-18)15(19)17-11-14(16)12-5-3-2-4-6-12/h2-6,13-14H,7-11,16H2,1H3,(H,17,19). The van der Waals surface area contributed by atoms with Crippen LogP contribution in [0.15, 0.2) is 30.3 Å². The van der Waals surface area contributed by atoms with Gasteiger partial charge in [-0.3, -0.25) is 4.79 Å². The van der Waals surface area contributed by atoms with E-state index in [4.69, 9.17) is 5.73 Å². The van der Waals surface area contributed by atoms with Crippen molar-refractivity contribution in [3.63, 3.8) is 0 Å². The van der Waals surface area contributed by atoms with Crippen molar-refractivity contribution in [3.05, 3.63) is 35.9 Å². The lowest BCUT2D eigenvalue weighted by atomic mass is 9.96. The van der Waals surface area contributed by atoms with Crippen molar-refractivity contribution in [2.45, 2.75) is 18.9 Å². The minimum atomic E-state index is -0.128. The second kappa shape index (κ2) is 6.68. The highest BCUT2D eigenvalue weighted by Crippen LogP contribution is 2.16. The number of carbonyl (C=O) groups excluding carboxylic acids is 1. The Kier molecular flexibility index (Phi) is 4.93. The molecule has 104 valence electrons. The molecule has 4 heteroatoms. The molecule has 1 amide bonds. The first-order chi connectivity index (χ1) is 9.16. The van der Waals surface area contributed by atoms with Crippen molar-refractivity contribution in [1.29, 1.82) is 0 Å². The molecule has 1 aromatic rings. The third-order valence-corrected chi connectivity index (χ3v) is 3.81. The molecule has 0 radical (unpaired) electrons. The SMILES string of the molecule is CN1CCC(C(=O)NCC(N)c2ccccc2)CC1. The zero-order valence-electron chi connectivity index (χ0n) is 11.5. The van der Waals surface area contributed by atoms with E-state index in [-0.39, 0.29) is 17.9 Å². The zero-order chi connectivity index (χ0) is 13.7. The average Bonchev–Trinajstić information content (AvgIpc) is 2.46. The number of nitrogens with two attached hydrogens (primary N) is 1. The maximum Gasteiger partial charge on any atom is 0.223 e. The predicted octanol–water partition coefficient (Wildman–Crippen LogP) is 1.14. The molecular formula is C15H23N3O. The van der Waals surface area contributed by atoms with E-state index in [1.165, 1.54) is 0 Å². The number of benzene rings is 1. The molecule has 0 saturated carbocycles. The van der Waals surface area contributed by atoms with Crippen LogP contribution in [-0.4, -0.2) is 37.5 Å². The Morgan fingerprint density at radius 2 is 2.00 bits per heavy atom. The fraction of sp³-hybridized carbons (Fsp3) is 0.533. The Balaban J connectivity index is 1.77. The van der Waals surface area contributed by atoms with Crippen LogP contribution < -0.4 is 11.1 Å². The first kappa shape index (κ1) is 14.0. The van der Waals surface area contributed by atoms with Crippen molar-refractivity contribution in [1.82, 2.24) is 10.2 Å². The Bertz CT molecular complexity index is 399. The Morgan fingerprint density at radius 1 is 1.37 bits per heavy atom. The van der Waals surface area contributed by atoms with Crippen molar-refractivity contribution >= 4 is 5.91 Å². The van der Waals surface area contributed by atoms with Crippen LogP contribution >= 0.6 is 0 Å². The van der Waals surface area contributed by atoms with Gasteiger partial charge in [0.2, 0.25) is 5.91 Å². The molecule has 2 rings (SSSR count). The largest absolute Gasteiger partial charge is 0.354 e. The summed E-state index contributed by atoms with van der Waals surface area (Å²) in [4.78, 5) is 14.3. The summed E-state index contributed by atoms with van der Waals surface area (Å²) in [7, 11) is 2.10. The van der Waals surface area contributed by atoms with Crippen molar-refractivity contribution in [2.24, 2.45) is 11.7 Å². The van der Waals surface area contributed by atoms with Gasteiger partial charge in [-0.05, 0) is 38.5 Å². The monoisotopic (exact) mass is 261 g/mol. The van der Waals surface area contributed by atoms with Crippen molar-refractivity contribution in [2.75, 3.05) is 26.7 Å². The summed E-state index contributed by atoms with van der Waals surface area (Å²) in [5.41, 5.74) is 7.13. The fourth-order valence-corrected chi connectivity index (χ4v) is 2.44. The second-order valence-electron chi connectivity index (χ2n) is 5.34. The first-order valence-corrected chi connectivity index (χ1v) is 6.93. The number of carbonyl (C=O) groups is 1. The normalized spacial score (nSPS) is 19.1. The van der Waals surface area contributed by atoms with Gasteiger partial charge in [-0.1, -0.05) is 30.3 Å². The average molecular weight is 261 g/mol. The summed E-state index contributed by atoms with van der Waals surface area (Å²) in [5, 5.41) is 2.98. The van der Waals surface area contributed by atoms with E-state index in [2.05, 4.69) is 17.3 Å². The molecule has 1 unspecified atom stereocenters. The smallest absolute Gasteiger partial charge is 0.223 e. The van der Waals surface area contributed by atoms with E-state index >= 15 is 0 Å². The van der Waals surface area contributed by atoms with E-state index in [1.807, 2.05) is 30.3 Å². The van der Waals surface area contributed by atoms with Crippen LogP contribution in [0.2, 0.25) is 0 Å². The Morgan fingerprint density at radius 3 is 2.63 bits per heavy atom. The van der Waals surface area contributed by atoms with Crippen LogP contribution in [0.25, 0.3) is 0 Å². The summed E-state index contributed by atoms with van der Waals surface area (Å²) < 4.78 is 0. The van der Waals surface area contributed by atoms with Crippen LogP contribution in [0.3, 0.4) is 0 Å². The molecule has 1 heterocycles. The van der Waals surface area contributed by atoms with Gasteiger partial charge >= 0.3 is 0 Å². The molecule has 1 fully saturated rings. The van der Waals surface area contributed by atoms with Crippen LogP contribution in [-0.2, 0) is 4.79 Å². The minimum absolute atomic E-state index is 0.128. The number of nitrogens with one attached hydrogen (secondary N) is 1. The number of amides is 1. The Hall–Kier alpha value is -1.39. The fourth-order valence-electron chi connectivity index (χ4n) is 2.44. The maximum atomic E-state index is 12.1. The summed E-state index contributed by atoms with van der Waals surface area (Å²) in [6.07, 6.45) is 1.89. The Labute approximate surface area is 115 Å². The van der Waals surface area contributed by atoms with Crippen molar-refractivity contribution in [3.8, 4) is 0 Å². The molecule has 1 atom stereocenters. The van der Waals surface area contributed by atoms with Crippen LogP contribution in [0.1, 0.15) is 24.4 Å². The molecule has 1 saturated heterocycles. The number of piperidine rings is 1. The highest BCUT2D eigenvalue weighted by atomic mass is 16.1. The maximum absolute atomic E-state index is 12.1. The number of nitrogens with zero attached hydrogens (tertiary/aromatic N) is 1. The van der Waals surface area contributed by atoms with E-state index in [9.17, 15) is 4.79 Å². The van der Waals surface area contributed by atoms with Crippen LogP contribution in [0.4, 0.5) is 0 Å². The molecule has 1 aromatic carbocycles. The molecular weight excluding hydrogens is 238 g/mol. The van der Waals surface area contributed by atoms with E-state index in [0.29, 0.717) is 6.54 Å². The molecule has 4 nitrogen and oxygen atoms in total. The van der Waals surface area contributed by atoms with Crippen molar-refractivity contribution < 1.29 is 4.79 Å². The van der Waals surface area contributed by atoms with Gasteiger partial charge in [-0.15, -0.1) is 0 Å². The second-order valence-corrected chi connectivity index (χ2v) is 5.34. The third kappa shape index (κ3) is 4.04. The number of hydrogen-bond donors (Lipinski definition) is 2. The van der Waals surface area contributed by atoms with Gasteiger partial charge in [0.05, 0.1) is 0 Å². The lowest BCUT2D eigenvalue weighted by molar-refractivity contribution is -0.126. The molecule has 0 spiro atoms. The van der Waals surface area contributed by atoms with Crippen LogP contribution in [0.5, 0.6) is 0 Å². The molecule has 0 bridgehead atoms. The summed E-state index contributed by atoms with van der Waals surface area (Å²) >= 11 is 0. The summed E-state index contributed by atoms with van der Waals surface area (Å²) in [5.74, 6) is 0.304. The minimum Gasteiger partial charge on any atom is -0.354 e. The van der Waals surface area contributed by atoms with Gasteiger partial charge in [-0.2, -0.15) is 0 Å². The summed E-state index contributed by atoms with van der Waals surface area (Å²) in [6, 6.07) is 9.75. The van der Waals surface area contributed by atoms with Gasteiger partial charge in [0.15, 0.2) is 0 Å². The van der Waals surface area contributed by atoms with Gasteiger partial charge < -0.3 is 16.0 Å². The van der Waals surface area contributed by atoms with E-state index in [0.717, 1.165) is 31.5 Å². The van der Waals surface area contributed by atoms with Gasteiger partial charge in [0.25, 0.3) is 0 Å². The predicted molar refractivity (Wildman–Crippen MR) is 76.6 cm³/mol. The lowest BCUT2D eigenvalue weighted by Gasteiger charge is -2.28. The number of hydrogen-bond acceptors (Lipinski definition) is 3. The van der Waals surface area contributed by atoms with Crippen LogP contribution in [0, 0.1) is 5.92 Å². The summed E-state index contributed by atoms with van der Waals surface area (Å²) in [6.45, 7) is 2.51. The molecule has 0 aromatic heterocycles. The van der Waals surface area contributed by atoms with Gasteiger partial charge in [0.1, 0.15) is 0 Å². The molecule has 0 aliphatic carbocycles. The van der Waals surface area contributed by atoms with E-state index in [1.54, 1.807) is 0 Å². The number of rotatable bonds is 4. The molecule has 3 N–H and O–H groups in total. The quantitative estimate of drug-likeness (QED) is 0.854. The van der Waals surface area contributed by atoms with Gasteiger partial charge in [-0.25, -0.2) is 0 Å².